The van der Waals surface area contributed by atoms with Gasteiger partial charge in [0.2, 0.25) is 0 Å². The molecule has 1 aliphatic rings. The highest BCUT2D eigenvalue weighted by Crippen LogP contribution is 2.33. The van der Waals surface area contributed by atoms with Crippen molar-refractivity contribution in [2.75, 3.05) is 0 Å². The molecule has 0 aliphatic heterocycles. The third-order valence-electron chi connectivity index (χ3n) is 3.06. The van der Waals surface area contributed by atoms with Gasteiger partial charge < -0.3 is 0 Å². The largest absolute Gasteiger partial charge is 0.299 e. The van der Waals surface area contributed by atoms with Crippen LogP contribution in [-0.2, 0) is 4.79 Å². The summed E-state index contributed by atoms with van der Waals surface area (Å²) in [6, 6.07) is 0. The minimum absolute atomic E-state index is 0.341. The standard InChI is InChI=1S/C12H20O/c1-3-5-6-7-11-10(4-2)8-9-12(11)13/h5-6,10-11H,3-4,7-9H2,1-2H3. The Kier molecular flexibility index (Phi) is 4.20. The summed E-state index contributed by atoms with van der Waals surface area (Å²) in [5.74, 6) is 1.49. The predicted octanol–water partition coefficient (Wildman–Crippen LogP) is 3.35. The van der Waals surface area contributed by atoms with Gasteiger partial charge in [0.25, 0.3) is 0 Å². The Morgan fingerprint density at radius 2 is 2.15 bits per heavy atom. The van der Waals surface area contributed by atoms with E-state index < -0.39 is 0 Å². The highest BCUT2D eigenvalue weighted by Gasteiger charge is 2.31. The summed E-state index contributed by atoms with van der Waals surface area (Å²) in [5, 5.41) is 0. The molecule has 1 rings (SSSR count). The molecule has 0 N–H and O–H groups in total. The molecule has 1 heteroatoms. The molecule has 13 heavy (non-hydrogen) atoms. The first kappa shape index (κ1) is 10.5. The van der Waals surface area contributed by atoms with Gasteiger partial charge in [0.15, 0.2) is 0 Å². The normalized spacial score (nSPS) is 28.9. The van der Waals surface area contributed by atoms with Gasteiger partial charge in [-0.3, -0.25) is 4.79 Å². The monoisotopic (exact) mass is 180 g/mol. The fraction of sp³-hybridized carbons (Fsp3) is 0.750. The number of rotatable bonds is 4. The van der Waals surface area contributed by atoms with Crippen molar-refractivity contribution in [1.29, 1.82) is 0 Å². The number of carbonyl (C=O) groups is 1. The highest BCUT2D eigenvalue weighted by molar-refractivity contribution is 5.83. The molecular weight excluding hydrogens is 160 g/mol. The molecule has 0 bridgehead atoms. The number of carbonyl (C=O) groups excluding carboxylic acids is 1. The van der Waals surface area contributed by atoms with Gasteiger partial charge in [-0.25, -0.2) is 0 Å². The molecule has 1 nitrogen and oxygen atoms in total. The second-order valence-corrected chi connectivity index (χ2v) is 3.90. The van der Waals surface area contributed by atoms with Crippen LogP contribution in [0.15, 0.2) is 12.2 Å². The predicted molar refractivity (Wildman–Crippen MR) is 55.6 cm³/mol. The average molecular weight is 180 g/mol. The molecule has 1 saturated carbocycles. The molecule has 1 aliphatic carbocycles. The molecule has 2 atom stereocenters. The van der Waals surface area contributed by atoms with Crippen molar-refractivity contribution in [2.45, 2.75) is 46.0 Å². The van der Waals surface area contributed by atoms with Crippen LogP contribution >= 0.6 is 0 Å². The van der Waals surface area contributed by atoms with E-state index in [0.29, 0.717) is 17.6 Å². The number of hydrogen-bond acceptors (Lipinski definition) is 1. The zero-order valence-electron chi connectivity index (χ0n) is 8.75. The van der Waals surface area contributed by atoms with Crippen LogP contribution in [0.2, 0.25) is 0 Å². The van der Waals surface area contributed by atoms with Crippen molar-refractivity contribution in [3.8, 4) is 0 Å². The first-order valence-electron chi connectivity index (χ1n) is 5.47. The average Bonchev–Trinajstić information content (AvgIpc) is 2.48. The maximum Gasteiger partial charge on any atom is 0.136 e. The molecule has 0 aromatic heterocycles. The van der Waals surface area contributed by atoms with Crippen molar-refractivity contribution in [3.05, 3.63) is 12.2 Å². The minimum atomic E-state index is 0.341. The van der Waals surface area contributed by atoms with Crippen LogP contribution < -0.4 is 0 Å². The summed E-state index contributed by atoms with van der Waals surface area (Å²) in [6.07, 6.45) is 9.51. The minimum Gasteiger partial charge on any atom is -0.299 e. The molecule has 0 aromatic carbocycles. The van der Waals surface area contributed by atoms with E-state index >= 15 is 0 Å². The molecule has 0 aromatic rings. The molecular formula is C12H20O. The fourth-order valence-corrected chi connectivity index (χ4v) is 2.20. The Morgan fingerprint density at radius 1 is 1.38 bits per heavy atom. The van der Waals surface area contributed by atoms with E-state index in [-0.39, 0.29) is 0 Å². The van der Waals surface area contributed by atoms with E-state index in [9.17, 15) is 4.79 Å². The number of Topliss-reactive ketones (excluding diaryl/α,β-unsaturated/α-hetero) is 1. The van der Waals surface area contributed by atoms with Crippen LogP contribution in [0.1, 0.15) is 46.0 Å². The summed E-state index contributed by atoms with van der Waals surface area (Å²) >= 11 is 0. The Balaban J connectivity index is 2.44. The first-order valence-corrected chi connectivity index (χ1v) is 5.47. The van der Waals surface area contributed by atoms with E-state index in [1.807, 2.05) is 0 Å². The quantitative estimate of drug-likeness (QED) is 0.606. The van der Waals surface area contributed by atoms with Gasteiger partial charge in [-0.2, -0.15) is 0 Å². The number of ketones is 1. The molecule has 1 fully saturated rings. The third-order valence-corrected chi connectivity index (χ3v) is 3.06. The molecule has 0 radical (unpaired) electrons. The van der Waals surface area contributed by atoms with Gasteiger partial charge in [-0.1, -0.05) is 32.4 Å². The number of allylic oxidation sites excluding steroid dienone is 2. The third kappa shape index (κ3) is 2.68. The second kappa shape index (κ2) is 5.21. The molecule has 0 spiro atoms. The molecule has 74 valence electrons. The molecule has 0 saturated heterocycles. The molecule has 0 heterocycles. The number of hydrogen-bond donors (Lipinski definition) is 0. The SMILES string of the molecule is CCC=CCC1C(=O)CCC1CC. The highest BCUT2D eigenvalue weighted by atomic mass is 16.1. The van der Waals surface area contributed by atoms with Crippen LogP contribution in [0.4, 0.5) is 0 Å². The Labute approximate surface area is 81.2 Å². The van der Waals surface area contributed by atoms with Crippen molar-refractivity contribution in [3.63, 3.8) is 0 Å². The lowest BCUT2D eigenvalue weighted by atomic mass is 9.90. The van der Waals surface area contributed by atoms with E-state index in [0.717, 1.165) is 32.1 Å². The lowest BCUT2D eigenvalue weighted by molar-refractivity contribution is -0.121. The summed E-state index contributed by atoms with van der Waals surface area (Å²) in [6.45, 7) is 4.32. The lowest BCUT2D eigenvalue weighted by Gasteiger charge is -2.13. The Morgan fingerprint density at radius 3 is 2.77 bits per heavy atom. The van der Waals surface area contributed by atoms with Gasteiger partial charge in [0, 0.05) is 12.3 Å². The maximum absolute atomic E-state index is 11.5. The first-order chi connectivity index (χ1) is 6.29. The fourth-order valence-electron chi connectivity index (χ4n) is 2.20. The Bertz CT molecular complexity index is 193. The van der Waals surface area contributed by atoms with Crippen LogP contribution in [0.3, 0.4) is 0 Å². The van der Waals surface area contributed by atoms with E-state index in [1.54, 1.807) is 0 Å². The molecule has 2 unspecified atom stereocenters. The summed E-state index contributed by atoms with van der Waals surface area (Å²) in [4.78, 5) is 11.5. The maximum atomic E-state index is 11.5. The van der Waals surface area contributed by atoms with Crippen molar-refractivity contribution in [1.82, 2.24) is 0 Å². The van der Waals surface area contributed by atoms with Crippen LogP contribution in [0.25, 0.3) is 0 Å². The zero-order valence-corrected chi connectivity index (χ0v) is 8.75. The van der Waals surface area contributed by atoms with Crippen LogP contribution in [-0.4, -0.2) is 5.78 Å². The van der Waals surface area contributed by atoms with Crippen LogP contribution in [0.5, 0.6) is 0 Å². The van der Waals surface area contributed by atoms with Gasteiger partial charge >= 0.3 is 0 Å². The van der Waals surface area contributed by atoms with E-state index in [4.69, 9.17) is 0 Å². The van der Waals surface area contributed by atoms with Crippen molar-refractivity contribution >= 4 is 5.78 Å². The summed E-state index contributed by atoms with van der Waals surface area (Å²) < 4.78 is 0. The van der Waals surface area contributed by atoms with Crippen molar-refractivity contribution in [2.24, 2.45) is 11.8 Å². The van der Waals surface area contributed by atoms with Gasteiger partial charge in [-0.05, 0) is 25.2 Å². The van der Waals surface area contributed by atoms with Gasteiger partial charge in [0.05, 0.1) is 0 Å². The topological polar surface area (TPSA) is 17.1 Å². The van der Waals surface area contributed by atoms with E-state index in [2.05, 4.69) is 26.0 Å². The molecule has 0 amide bonds. The lowest BCUT2D eigenvalue weighted by Crippen LogP contribution is -2.13. The van der Waals surface area contributed by atoms with E-state index in [1.165, 1.54) is 0 Å². The van der Waals surface area contributed by atoms with Gasteiger partial charge in [-0.15, -0.1) is 0 Å². The van der Waals surface area contributed by atoms with Gasteiger partial charge in [0.1, 0.15) is 5.78 Å². The van der Waals surface area contributed by atoms with Crippen LogP contribution in [0, 0.1) is 11.8 Å². The summed E-state index contributed by atoms with van der Waals surface area (Å²) in [7, 11) is 0. The summed E-state index contributed by atoms with van der Waals surface area (Å²) in [5.41, 5.74) is 0. The Hall–Kier alpha value is -0.590. The second-order valence-electron chi connectivity index (χ2n) is 3.90. The zero-order chi connectivity index (χ0) is 9.68. The smallest absolute Gasteiger partial charge is 0.136 e. The van der Waals surface area contributed by atoms with Crippen molar-refractivity contribution < 1.29 is 4.79 Å².